The summed E-state index contributed by atoms with van der Waals surface area (Å²) in [4.78, 5) is 21.2. The van der Waals surface area contributed by atoms with E-state index in [2.05, 4.69) is 52.5 Å². The first-order valence-electron chi connectivity index (χ1n) is 19.8. The number of rotatable bonds is 6. The van der Waals surface area contributed by atoms with Gasteiger partial charge in [0.1, 0.15) is 18.0 Å². The number of ether oxygens (including phenoxy) is 3. The van der Waals surface area contributed by atoms with Crippen LogP contribution in [0.3, 0.4) is 0 Å². The molecule has 0 spiro atoms. The number of carbonyl (C=O) groups is 1. The van der Waals surface area contributed by atoms with E-state index < -0.39 is 26.8 Å². The van der Waals surface area contributed by atoms with Crippen molar-refractivity contribution in [1.82, 2.24) is 14.5 Å². The van der Waals surface area contributed by atoms with Crippen LogP contribution in [0.15, 0.2) is 48.6 Å². The zero-order valence-electron chi connectivity index (χ0n) is 33.1. The molecule has 6 rings (SSSR count). The zero-order valence-corrected chi connectivity index (χ0v) is 34.6. The molecule has 3 aliphatic heterocycles. The molecule has 10 nitrogen and oxygen atoms in total. The van der Waals surface area contributed by atoms with Gasteiger partial charge in [0.25, 0.3) is 5.91 Å². The summed E-state index contributed by atoms with van der Waals surface area (Å²) >= 11 is 6.42. The van der Waals surface area contributed by atoms with Crippen molar-refractivity contribution in [2.45, 2.75) is 95.3 Å². The highest BCUT2D eigenvalue weighted by atomic mass is 35.5. The van der Waals surface area contributed by atoms with E-state index in [4.69, 9.17) is 25.8 Å². The number of hydrogen-bond donors (Lipinski definition) is 1. The molecular formula is C42H61ClN4O6S. The smallest absolute Gasteiger partial charge is 0.264 e. The first-order valence-corrected chi connectivity index (χ1v) is 21.8. The third kappa shape index (κ3) is 9.13. The largest absolute Gasteiger partial charge is 0.487 e. The Bertz CT molecular complexity index is 1750. The van der Waals surface area contributed by atoms with E-state index in [9.17, 15) is 13.2 Å². The fourth-order valence-electron chi connectivity index (χ4n) is 9.24. The van der Waals surface area contributed by atoms with Crippen LogP contribution in [-0.4, -0.2) is 108 Å². The molecule has 2 fully saturated rings. The number of anilines is 1. The Labute approximate surface area is 328 Å². The molecule has 0 aromatic heterocycles. The number of fused-ring (bicyclic) bond motifs is 3. The number of nitrogens with one attached hydrogen (secondary N) is 1. The molecule has 1 N–H and O–H groups in total. The van der Waals surface area contributed by atoms with Crippen molar-refractivity contribution in [3.05, 3.63) is 70.3 Å². The molecule has 3 heterocycles. The minimum atomic E-state index is -4.07. The van der Waals surface area contributed by atoms with Crippen molar-refractivity contribution in [2.75, 3.05) is 65.5 Å². The molecule has 7 atom stereocenters. The van der Waals surface area contributed by atoms with Gasteiger partial charge in [-0.1, -0.05) is 36.7 Å². The molecule has 54 heavy (non-hydrogen) atoms. The van der Waals surface area contributed by atoms with Crippen LogP contribution in [-0.2, 0) is 32.5 Å². The van der Waals surface area contributed by atoms with Crippen molar-refractivity contribution in [1.29, 1.82) is 0 Å². The lowest BCUT2D eigenvalue weighted by Crippen LogP contribution is -2.61. The predicted octanol–water partition coefficient (Wildman–Crippen LogP) is 6.56. The number of nitrogens with zero attached hydrogens (tertiary/aromatic N) is 3. The molecule has 1 saturated carbocycles. The van der Waals surface area contributed by atoms with Gasteiger partial charge in [0.15, 0.2) is 0 Å². The molecule has 2 aromatic carbocycles. The topological polar surface area (TPSA) is 101 Å². The lowest BCUT2D eigenvalue weighted by atomic mass is 9.63. The summed E-state index contributed by atoms with van der Waals surface area (Å²) in [6.07, 6.45) is 10.1. The quantitative estimate of drug-likeness (QED) is 0.327. The van der Waals surface area contributed by atoms with E-state index in [1.807, 2.05) is 44.4 Å². The van der Waals surface area contributed by atoms with Crippen molar-refractivity contribution in [3.8, 4) is 5.75 Å². The Hall–Kier alpha value is -2.67. The third-order valence-corrected chi connectivity index (χ3v) is 15.0. The van der Waals surface area contributed by atoms with Crippen molar-refractivity contribution >= 4 is 33.2 Å². The molecule has 2 bridgehead atoms. The SMILES string of the molecule is COCC[C@@H]1[C@@H](C)C/C=C/[C@@](CN2C[C@@H](C)N(C)[C@@H](C)C2)(OC)[C@@H]2CC[C@H]2CN2CCCCc3cc(Cl)ccc3COc3ccc(cc32)C(=O)NS1(=O)=O. The molecular weight excluding hydrogens is 724 g/mol. The fourth-order valence-corrected chi connectivity index (χ4v) is 11.1. The molecule has 1 saturated heterocycles. The highest BCUT2D eigenvalue weighted by Gasteiger charge is 2.49. The van der Waals surface area contributed by atoms with Crippen molar-refractivity contribution in [2.24, 2.45) is 17.8 Å². The normalized spacial score (nSPS) is 31.8. The lowest BCUT2D eigenvalue weighted by molar-refractivity contribution is -0.101. The molecule has 0 radical (unpaired) electrons. The zero-order chi connectivity index (χ0) is 38.6. The molecule has 0 unspecified atom stereocenters. The average molecular weight is 785 g/mol. The van der Waals surface area contributed by atoms with E-state index in [-0.39, 0.29) is 30.4 Å². The van der Waals surface area contributed by atoms with Gasteiger partial charge < -0.3 is 19.1 Å². The Morgan fingerprint density at radius 2 is 1.78 bits per heavy atom. The monoisotopic (exact) mass is 784 g/mol. The van der Waals surface area contributed by atoms with Gasteiger partial charge >= 0.3 is 0 Å². The Kier molecular flexibility index (Phi) is 13.4. The number of carbonyl (C=O) groups excluding carboxylic acids is 1. The number of piperazine rings is 1. The number of likely N-dealkylation sites (N-methyl/N-ethyl adjacent to an activating group) is 1. The number of aryl methyl sites for hydroxylation is 1. The maximum absolute atomic E-state index is 14.0. The minimum absolute atomic E-state index is 0.251. The van der Waals surface area contributed by atoms with Crippen LogP contribution >= 0.6 is 11.6 Å². The van der Waals surface area contributed by atoms with Gasteiger partial charge in [-0.2, -0.15) is 0 Å². The number of allylic oxidation sites excluding steroid dienone is 1. The van der Waals surface area contributed by atoms with E-state index in [1.165, 1.54) is 5.56 Å². The van der Waals surface area contributed by atoms with Crippen LogP contribution in [0.4, 0.5) is 5.69 Å². The number of amides is 1. The van der Waals surface area contributed by atoms with Crippen molar-refractivity contribution < 1.29 is 27.4 Å². The van der Waals surface area contributed by atoms with E-state index in [0.29, 0.717) is 41.8 Å². The maximum Gasteiger partial charge on any atom is 0.264 e. The van der Waals surface area contributed by atoms with Crippen LogP contribution in [0.5, 0.6) is 5.75 Å². The van der Waals surface area contributed by atoms with Gasteiger partial charge in [-0.25, -0.2) is 13.1 Å². The number of benzene rings is 2. The van der Waals surface area contributed by atoms with E-state index in [1.54, 1.807) is 13.2 Å². The summed E-state index contributed by atoms with van der Waals surface area (Å²) < 4.78 is 49.1. The number of halogens is 1. The molecule has 1 aliphatic carbocycles. The lowest BCUT2D eigenvalue weighted by Gasteiger charge is -2.53. The second-order valence-electron chi connectivity index (χ2n) is 16.4. The molecule has 298 valence electrons. The summed E-state index contributed by atoms with van der Waals surface area (Å²) in [6, 6.07) is 12.1. The highest BCUT2D eigenvalue weighted by Crippen LogP contribution is 2.47. The van der Waals surface area contributed by atoms with Gasteiger partial charge in [-0.3, -0.25) is 14.6 Å². The van der Waals surface area contributed by atoms with Gasteiger partial charge in [-0.15, -0.1) is 0 Å². The second kappa shape index (κ2) is 17.6. The first-order chi connectivity index (χ1) is 25.8. The molecule has 1 amide bonds. The summed E-state index contributed by atoms with van der Waals surface area (Å²) in [5.41, 5.74) is 2.80. The molecule has 2 aromatic rings. The van der Waals surface area contributed by atoms with Gasteiger partial charge in [0.05, 0.1) is 10.9 Å². The Balaban J connectivity index is 1.42. The van der Waals surface area contributed by atoms with Gasteiger partial charge in [0, 0.05) is 76.2 Å². The standard InChI is InChI=1S/C42H61ClN4O6S/c1-29-10-9-19-42(52-6,28-46-24-30(2)45(4)31(3)25-46)37-16-13-34(37)26-47-20-8-7-11-32-22-36(43)15-12-35(32)27-53-39-17-14-33(23-38(39)47)41(48)44-54(49,50)40(29)18-21-51-5/h9,12,14-15,17,19,22-23,29-31,34,37,40H,7-8,10-11,13,16,18,20-21,24-28H2,1-6H3,(H,44,48)/b19-9+/t29-,30-,31+,34-,37+,40+,42-/m0/s1. The molecule has 4 aliphatic rings. The van der Waals surface area contributed by atoms with Crippen LogP contribution in [0, 0.1) is 17.8 Å². The fraction of sp³-hybridized carbons (Fsp3) is 0.643. The van der Waals surface area contributed by atoms with Crippen LogP contribution in [0.1, 0.15) is 80.8 Å². The number of sulfonamides is 1. The summed E-state index contributed by atoms with van der Waals surface area (Å²) in [6.45, 7) is 11.4. The minimum Gasteiger partial charge on any atom is -0.487 e. The van der Waals surface area contributed by atoms with E-state index in [0.717, 1.165) is 76.1 Å². The van der Waals surface area contributed by atoms with Crippen LogP contribution < -0.4 is 14.4 Å². The molecule has 12 heteroatoms. The Morgan fingerprint density at radius 1 is 1.00 bits per heavy atom. The van der Waals surface area contributed by atoms with Gasteiger partial charge in [-0.05, 0) is 125 Å². The maximum atomic E-state index is 14.0. The second-order valence-corrected chi connectivity index (χ2v) is 18.7. The first kappa shape index (κ1) is 41.0. The average Bonchev–Trinajstić information content (AvgIpc) is 3.14. The van der Waals surface area contributed by atoms with E-state index >= 15 is 0 Å². The summed E-state index contributed by atoms with van der Waals surface area (Å²) in [5.74, 6) is 0.335. The highest BCUT2D eigenvalue weighted by molar-refractivity contribution is 7.90. The summed E-state index contributed by atoms with van der Waals surface area (Å²) in [7, 11) is 1.56. The van der Waals surface area contributed by atoms with Crippen LogP contribution in [0.25, 0.3) is 0 Å². The predicted molar refractivity (Wildman–Crippen MR) is 216 cm³/mol. The van der Waals surface area contributed by atoms with Gasteiger partial charge in [0.2, 0.25) is 10.0 Å². The summed E-state index contributed by atoms with van der Waals surface area (Å²) in [5, 5.41) is -0.119. The van der Waals surface area contributed by atoms with Crippen LogP contribution in [0.2, 0.25) is 5.02 Å². The third-order valence-electron chi connectivity index (χ3n) is 12.8. The number of methoxy groups -OCH3 is 2. The van der Waals surface area contributed by atoms with Crippen molar-refractivity contribution in [3.63, 3.8) is 0 Å². The number of hydrogen-bond acceptors (Lipinski definition) is 9. The Morgan fingerprint density at radius 3 is 2.48 bits per heavy atom.